The van der Waals surface area contributed by atoms with Crippen molar-refractivity contribution >= 4 is 17.0 Å². The molecule has 0 spiro atoms. The lowest BCUT2D eigenvalue weighted by Gasteiger charge is -2.24. The third-order valence-electron chi connectivity index (χ3n) is 3.18. The van der Waals surface area contributed by atoms with E-state index in [0.717, 1.165) is 17.5 Å². The first-order chi connectivity index (χ1) is 9.83. The van der Waals surface area contributed by atoms with E-state index in [4.69, 9.17) is 4.74 Å². The zero-order valence-electron chi connectivity index (χ0n) is 13.0. The molecule has 21 heavy (non-hydrogen) atoms. The second-order valence-electron chi connectivity index (χ2n) is 6.16. The molecule has 0 aliphatic heterocycles. The number of hydrogen-bond acceptors (Lipinski definition) is 3. The van der Waals surface area contributed by atoms with Gasteiger partial charge in [0.05, 0.1) is 11.0 Å². The molecule has 0 aliphatic carbocycles. The van der Waals surface area contributed by atoms with E-state index in [-0.39, 0.29) is 11.7 Å². The molecule has 1 aromatic carbocycles. The van der Waals surface area contributed by atoms with Gasteiger partial charge >= 0.3 is 11.7 Å². The fourth-order valence-electron chi connectivity index (χ4n) is 2.38. The average Bonchev–Trinajstić information content (AvgIpc) is 2.70. The number of ether oxygens (including phenoxy) is 1. The van der Waals surface area contributed by atoms with Crippen LogP contribution in [0.15, 0.2) is 29.1 Å². The summed E-state index contributed by atoms with van der Waals surface area (Å²) < 4.78 is 6.97. The number of H-pyrrole nitrogens is 1. The van der Waals surface area contributed by atoms with Gasteiger partial charge in [0, 0.05) is 0 Å². The van der Waals surface area contributed by atoms with Gasteiger partial charge in [0.2, 0.25) is 0 Å². The summed E-state index contributed by atoms with van der Waals surface area (Å²) in [6.07, 6.45) is 1.35. The lowest BCUT2D eigenvalue weighted by Crippen LogP contribution is -2.34. The van der Waals surface area contributed by atoms with Crippen LogP contribution in [-0.2, 0) is 9.53 Å². The van der Waals surface area contributed by atoms with Crippen molar-refractivity contribution in [2.45, 2.75) is 52.2 Å². The average molecular weight is 290 g/mol. The number of rotatable bonds is 4. The quantitative estimate of drug-likeness (QED) is 0.880. The van der Waals surface area contributed by atoms with Crippen molar-refractivity contribution in [2.75, 3.05) is 0 Å². The molecule has 2 aromatic rings. The standard InChI is InChI=1S/C16H22N2O3/c1-5-8-13(14(19)21-16(2,3)4)18-12-10-7-6-9-11(12)17-15(18)20/h6-7,9-10,13H,5,8H2,1-4H3,(H,17,20)/t13-/m0/s1. The summed E-state index contributed by atoms with van der Waals surface area (Å²) in [6.45, 7) is 7.46. The minimum Gasteiger partial charge on any atom is -0.458 e. The number of hydrogen-bond donors (Lipinski definition) is 1. The van der Waals surface area contributed by atoms with E-state index in [2.05, 4.69) is 4.98 Å². The van der Waals surface area contributed by atoms with Crippen molar-refractivity contribution in [2.24, 2.45) is 0 Å². The van der Waals surface area contributed by atoms with Gasteiger partial charge in [0.1, 0.15) is 11.6 Å². The second kappa shape index (κ2) is 5.76. The van der Waals surface area contributed by atoms with Crippen LogP contribution >= 0.6 is 0 Å². The summed E-state index contributed by atoms with van der Waals surface area (Å²) >= 11 is 0. The lowest BCUT2D eigenvalue weighted by molar-refractivity contribution is -0.159. The zero-order valence-corrected chi connectivity index (χ0v) is 13.0. The van der Waals surface area contributed by atoms with Crippen molar-refractivity contribution < 1.29 is 9.53 Å². The molecule has 2 rings (SSSR count). The van der Waals surface area contributed by atoms with Crippen LogP contribution in [0.5, 0.6) is 0 Å². The predicted octanol–water partition coefficient (Wildman–Crippen LogP) is 3.01. The SMILES string of the molecule is CCC[C@@H](C(=O)OC(C)(C)C)n1c(=O)[nH]c2ccccc21. The fraction of sp³-hybridized carbons (Fsp3) is 0.500. The van der Waals surface area contributed by atoms with Crippen LogP contribution in [0.1, 0.15) is 46.6 Å². The van der Waals surface area contributed by atoms with Gasteiger partial charge in [-0.3, -0.25) is 4.57 Å². The Hall–Kier alpha value is -2.04. The molecule has 0 radical (unpaired) electrons. The Morgan fingerprint density at radius 3 is 2.62 bits per heavy atom. The van der Waals surface area contributed by atoms with Crippen LogP contribution in [0, 0.1) is 0 Å². The Bertz CT molecular complexity index is 691. The summed E-state index contributed by atoms with van der Waals surface area (Å²) in [6, 6.07) is 6.76. The second-order valence-corrected chi connectivity index (χ2v) is 6.16. The predicted molar refractivity (Wildman–Crippen MR) is 82.3 cm³/mol. The van der Waals surface area contributed by atoms with Gasteiger partial charge in [0.15, 0.2) is 0 Å². The van der Waals surface area contributed by atoms with Gasteiger partial charge < -0.3 is 9.72 Å². The number of carbonyl (C=O) groups excluding carboxylic acids is 1. The Morgan fingerprint density at radius 2 is 2.00 bits per heavy atom. The molecule has 114 valence electrons. The van der Waals surface area contributed by atoms with E-state index < -0.39 is 11.6 Å². The molecule has 1 aromatic heterocycles. The molecule has 1 N–H and O–H groups in total. The Balaban J connectivity index is 2.48. The number of nitrogens with one attached hydrogen (secondary N) is 1. The smallest absolute Gasteiger partial charge is 0.329 e. The molecule has 5 heteroatoms. The summed E-state index contributed by atoms with van der Waals surface area (Å²) in [5.74, 6) is -0.365. The van der Waals surface area contributed by atoms with Crippen molar-refractivity contribution in [3.05, 3.63) is 34.7 Å². The molecule has 1 atom stereocenters. The molecule has 0 saturated carbocycles. The summed E-state index contributed by atoms with van der Waals surface area (Å²) in [5.41, 5.74) is 0.609. The number of esters is 1. The first-order valence-corrected chi connectivity index (χ1v) is 7.25. The van der Waals surface area contributed by atoms with Gasteiger partial charge in [-0.25, -0.2) is 9.59 Å². The Labute approximate surface area is 123 Å². The number of para-hydroxylation sites is 2. The number of carbonyl (C=O) groups is 1. The molecule has 0 saturated heterocycles. The van der Waals surface area contributed by atoms with Crippen LogP contribution in [0.3, 0.4) is 0 Å². The molecule has 1 heterocycles. The molecule has 0 fully saturated rings. The van der Waals surface area contributed by atoms with Crippen molar-refractivity contribution in [3.8, 4) is 0 Å². The van der Waals surface area contributed by atoms with E-state index in [9.17, 15) is 9.59 Å². The van der Waals surface area contributed by atoms with E-state index in [1.165, 1.54) is 4.57 Å². The summed E-state index contributed by atoms with van der Waals surface area (Å²) in [7, 11) is 0. The highest BCUT2D eigenvalue weighted by Gasteiger charge is 2.28. The molecule has 0 unspecified atom stereocenters. The van der Waals surface area contributed by atoms with Crippen LogP contribution in [0.4, 0.5) is 0 Å². The highest BCUT2D eigenvalue weighted by Crippen LogP contribution is 2.22. The maximum Gasteiger partial charge on any atom is 0.329 e. The van der Waals surface area contributed by atoms with Crippen LogP contribution in [0.2, 0.25) is 0 Å². The first kappa shape index (κ1) is 15.4. The Kier molecular flexibility index (Phi) is 4.21. The van der Waals surface area contributed by atoms with Crippen LogP contribution in [-0.4, -0.2) is 21.1 Å². The molecule has 0 amide bonds. The maximum absolute atomic E-state index is 12.4. The lowest BCUT2D eigenvalue weighted by atomic mass is 10.1. The highest BCUT2D eigenvalue weighted by molar-refractivity contribution is 5.80. The van der Waals surface area contributed by atoms with E-state index in [0.29, 0.717) is 6.42 Å². The first-order valence-electron chi connectivity index (χ1n) is 7.25. The van der Waals surface area contributed by atoms with E-state index in [1.54, 1.807) is 0 Å². The number of aromatic amines is 1. The van der Waals surface area contributed by atoms with Crippen molar-refractivity contribution in [3.63, 3.8) is 0 Å². The number of benzene rings is 1. The number of nitrogens with zero attached hydrogens (tertiary/aromatic N) is 1. The molecule has 5 nitrogen and oxygen atoms in total. The third kappa shape index (κ3) is 3.35. The minimum atomic E-state index is -0.599. The van der Waals surface area contributed by atoms with Gasteiger partial charge in [-0.1, -0.05) is 25.5 Å². The normalized spacial score (nSPS) is 13.3. The van der Waals surface area contributed by atoms with Gasteiger partial charge in [-0.15, -0.1) is 0 Å². The molecular formula is C16H22N2O3. The topological polar surface area (TPSA) is 64.1 Å². The number of imidazole rings is 1. The van der Waals surface area contributed by atoms with Gasteiger partial charge in [-0.2, -0.15) is 0 Å². The monoisotopic (exact) mass is 290 g/mol. The van der Waals surface area contributed by atoms with Crippen molar-refractivity contribution in [1.82, 2.24) is 9.55 Å². The molecule has 0 aliphatic rings. The van der Waals surface area contributed by atoms with E-state index >= 15 is 0 Å². The van der Waals surface area contributed by atoms with Gasteiger partial charge in [-0.05, 0) is 39.3 Å². The summed E-state index contributed by atoms with van der Waals surface area (Å²) in [4.78, 5) is 27.5. The number of fused-ring (bicyclic) bond motifs is 1. The van der Waals surface area contributed by atoms with Crippen LogP contribution < -0.4 is 5.69 Å². The fourth-order valence-corrected chi connectivity index (χ4v) is 2.38. The molecular weight excluding hydrogens is 268 g/mol. The zero-order chi connectivity index (χ0) is 15.6. The van der Waals surface area contributed by atoms with Gasteiger partial charge in [0.25, 0.3) is 0 Å². The largest absolute Gasteiger partial charge is 0.458 e. The summed E-state index contributed by atoms with van der Waals surface area (Å²) in [5, 5.41) is 0. The van der Waals surface area contributed by atoms with E-state index in [1.807, 2.05) is 52.0 Å². The molecule has 0 bridgehead atoms. The highest BCUT2D eigenvalue weighted by atomic mass is 16.6. The van der Waals surface area contributed by atoms with Crippen molar-refractivity contribution in [1.29, 1.82) is 0 Å². The minimum absolute atomic E-state index is 0.277. The maximum atomic E-state index is 12.4. The third-order valence-corrected chi connectivity index (χ3v) is 3.18. The number of aromatic nitrogens is 2. The Morgan fingerprint density at radius 1 is 1.33 bits per heavy atom. The van der Waals surface area contributed by atoms with Crippen LogP contribution in [0.25, 0.3) is 11.0 Å².